The Labute approximate surface area is 86.5 Å². The zero-order valence-electron chi connectivity index (χ0n) is 7.73. The van der Waals surface area contributed by atoms with E-state index in [2.05, 4.69) is 21.2 Å². The number of hydrogen-bond acceptors (Lipinski definition) is 1. The second kappa shape index (κ2) is 4.42. The molecular weight excluding hydrogens is 230 g/mol. The third kappa shape index (κ3) is 2.56. The first-order valence-corrected chi connectivity index (χ1v) is 5.19. The Balaban J connectivity index is 3.07. The van der Waals surface area contributed by atoms with Gasteiger partial charge in [-0.05, 0) is 18.1 Å². The van der Waals surface area contributed by atoms with E-state index in [-0.39, 0.29) is 5.91 Å². The fourth-order valence-corrected chi connectivity index (χ4v) is 1.66. The van der Waals surface area contributed by atoms with Crippen molar-refractivity contribution in [2.24, 2.45) is 0 Å². The maximum absolute atomic E-state index is 10.9. The Morgan fingerprint density at radius 1 is 1.54 bits per heavy atom. The van der Waals surface area contributed by atoms with Gasteiger partial charge in [-0.1, -0.05) is 34.1 Å². The summed E-state index contributed by atoms with van der Waals surface area (Å²) in [5.41, 5.74) is 3.12. The highest BCUT2D eigenvalue weighted by molar-refractivity contribution is 9.08. The average molecular weight is 242 g/mol. The number of amides is 1. The number of carbonyl (C=O) groups excluding carboxylic acids is 1. The van der Waals surface area contributed by atoms with E-state index in [0.29, 0.717) is 0 Å². The Morgan fingerprint density at radius 2 is 2.23 bits per heavy atom. The average Bonchev–Trinajstić information content (AvgIpc) is 2.08. The molecule has 0 spiro atoms. The molecule has 0 aliphatic rings. The quantitative estimate of drug-likeness (QED) is 0.794. The summed E-state index contributed by atoms with van der Waals surface area (Å²) in [6.45, 7) is 3.50. The maximum atomic E-state index is 10.9. The zero-order valence-corrected chi connectivity index (χ0v) is 9.31. The normalized spacial score (nSPS) is 9.77. The number of halogens is 1. The van der Waals surface area contributed by atoms with Gasteiger partial charge >= 0.3 is 0 Å². The van der Waals surface area contributed by atoms with Crippen LogP contribution < -0.4 is 5.32 Å². The van der Waals surface area contributed by atoms with Crippen molar-refractivity contribution in [1.82, 2.24) is 0 Å². The predicted molar refractivity (Wildman–Crippen MR) is 58.1 cm³/mol. The molecule has 1 amide bonds. The molecule has 0 saturated carbocycles. The van der Waals surface area contributed by atoms with Gasteiger partial charge < -0.3 is 5.32 Å². The van der Waals surface area contributed by atoms with Gasteiger partial charge in [-0.25, -0.2) is 0 Å². The topological polar surface area (TPSA) is 29.1 Å². The van der Waals surface area contributed by atoms with Crippen LogP contribution in [0, 0.1) is 6.92 Å². The van der Waals surface area contributed by atoms with E-state index < -0.39 is 0 Å². The summed E-state index contributed by atoms with van der Waals surface area (Å²) in [5, 5.41) is 3.58. The van der Waals surface area contributed by atoms with E-state index in [4.69, 9.17) is 0 Å². The van der Waals surface area contributed by atoms with Gasteiger partial charge in [0.1, 0.15) is 0 Å². The molecule has 3 heteroatoms. The molecule has 13 heavy (non-hydrogen) atoms. The Kier molecular flexibility index (Phi) is 3.48. The molecule has 0 aliphatic heterocycles. The van der Waals surface area contributed by atoms with Crippen LogP contribution in [0.5, 0.6) is 0 Å². The summed E-state index contributed by atoms with van der Waals surface area (Å²) < 4.78 is 0. The van der Waals surface area contributed by atoms with Gasteiger partial charge in [0.15, 0.2) is 0 Å². The van der Waals surface area contributed by atoms with Crippen LogP contribution in [0.2, 0.25) is 0 Å². The molecule has 2 nitrogen and oxygen atoms in total. The fraction of sp³-hybridized carbons (Fsp3) is 0.300. The summed E-state index contributed by atoms with van der Waals surface area (Å²) >= 11 is 3.38. The third-order valence-corrected chi connectivity index (χ3v) is 2.41. The molecule has 0 aliphatic carbocycles. The predicted octanol–water partition coefficient (Wildman–Crippen LogP) is 2.85. The number of alkyl halides is 1. The SMILES string of the molecule is CC(=O)Nc1c(C)cccc1CBr. The second-order valence-electron chi connectivity index (χ2n) is 2.92. The summed E-state index contributed by atoms with van der Waals surface area (Å²) in [4.78, 5) is 10.9. The maximum Gasteiger partial charge on any atom is 0.221 e. The minimum Gasteiger partial charge on any atom is -0.326 e. The van der Waals surface area contributed by atoms with Crippen LogP contribution in [0.1, 0.15) is 18.1 Å². The lowest BCUT2D eigenvalue weighted by Crippen LogP contribution is -2.09. The molecule has 70 valence electrons. The van der Waals surface area contributed by atoms with Crippen LogP contribution in [-0.4, -0.2) is 5.91 Å². The van der Waals surface area contributed by atoms with Crippen LogP contribution in [0.25, 0.3) is 0 Å². The number of aryl methyl sites for hydroxylation is 1. The number of para-hydroxylation sites is 1. The van der Waals surface area contributed by atoms with Crippen LogP contribution in [0.15, 0.2) is 18.2 Å². The minimum atomic E-state index is -0.0310. The van der Waals surface area contributed by atoms with E-state index in [0.717, 1.165) is 22.1 Å². The molecule has 0 bridgehead atoms. The van der Waals surface area contributed by atoms with Crippen molar-refractivity contribution in [2.75, 3.05) is 5.32 Å². The Morgan fingerprint density at radius 3 is 2.77 bits per heavy atom. The van der Waals surface area contributed by atoms with Crippen LogP contribution in [0.3, 0.4) is 0 Å². The third-order valence-electron chi connectivity index (χ3n) is 1.80. The van der Waals surface area contributed by atoms with E-state index in [1.165, 1.54) is 6.92 Å². The lowest BCUT2D eigenvalue weighted by atomic mass is 10.1. The summed E-state index contributed by atoms with van der Waals surface area (Å²) in [7, 11) is 0. The summed E-state index contributed by atoms with van der Waals surface area (Å²) in [6, 6.07) is 5.96. The highest BCUT2D eigenvalue weighted by Gasteiger charge is 2.04. The minimum absolute atomic E-state index is 0.0310. The van der Waals surface area contributed by atoms with Crippen molar-refractivity contribution in [3.8, 4) is 0 Å². The van der Waals surface area contributed by atoms with Crippen molar-refractivity contribution >= 4 is 27.5 Å². The van der Waals surface area contributed by atoms with Gasteiger partial charge in [0, 0.05) is 17.9 Å². The van der Waals surface area contributed by atoms with E-state index in [9.17, 15) is 4.79 Å². The van der Waals surface area contributed by atoms with Crippen LogP contribution >= 0.6 is 15.9 Å². The van der Waals surface area contributed by atoms with E-state index >= 15 is 0 Å². The highest BCUT2D eigenvalue weighted by Crippen LogP contribution is 2.22. The molecule has 0 heterocycles. The van der Waals surface area contributed by atoms with Gasteiger partial charge in [-0.2, -0.15) is 0 Å². The molecule has 0 unspecified atom stereocenters. The number of rotatable bonds is 2. The standard InChI is InChI=1S/C10H12BrNO/c1-7-4-3-5-9(6-11)10(7)12-8(2)13/h3-5H,6H2,1-2H3,(H,12,13). The molecule has 0 saturated heterocycles. The van der Waals surface area contributed by atoms with E-state index in [1.54, 1.807) is 0 Å². The molecule has 0 fully saturated rings. The second-order valence-corrected chi connectivity index (χ2v) is 3.48. The monoisotopic (exact) mass is 241 g/mol. The molecule has 0 atom stereocenters. The van der Waals surface area contributed by atoms with Crippen LogP contribution in [-0.2, 0) is 10.1 Å². The number of carbonyl (C=O) groups is 1. The largest absolute Gasteiger partial charge is 0.326 e. The molecule has 1 aromatic rings. The summed E-state index contributed by atoms with van der Waals surface area (Å²) in [6.07, 6.45) is 0. The van der Waals surface area contributed by atoms with Crippen LogP contribution in [0.4, 0.5) is 5.69 Å². The van der Waals surface area contributed by atoms with Crippen molar-refractivity contribution < 1.29 is 4.79 Å². The molecular formula is C10H12BrNO. The number of hydrogen-bond donors (Lipinski definition) is 1. The zero-order chi connectivity index (χ0) is 9.84. The smallest absolute Gasteiger partial charge is 0.221 e. The first-order chi connectivity index (χ1) is 6.15. The lowest BCUT2D eigenvalue weighted by Gasteiger charge is -2.10. The molecule has 0 radical (unpaired) electrons. The highest BCUT2D eigenvalue weighted by atomic mass is 79.9. The number of anilines is 1. The lowest BCUT2D eigenvalue weighted by molar-refractivity contribution is -0.114. The first kappa shape index (κ1) is 10.3. The van der Waals surface area contributed by atoms with Crippen molar-refractivity contribution in [2.45, 2.75) is 19.2 Å². The summed E-state index contributed by atoms with van der Waals surface area (Å²) in [5.74, 6) is -0.0310. The molecule has 1 N–H and O–H groups in total. The molecule has 0 aromatic heterocycles. The van der Waals surface area contributed by atoms with Gasteiger partial charge in [-0.15, -0.1) is 0 Å². The van der Waals surface area contributed by atoms with Crippen molar-refractivity contribution in [3.05, 3.63) is 29.3 Å². The Bertz CT molecular complexity index is 323. The Hall–Kier alpha value is -0.830. The van der Waals surface area contributed by atoms with Gasteiger partial charge in [-0.3, -0.25) is 4.79 Å². The first-order valence-electron chi connectivity index (χ1n) is 4.07. The van der Waals surface area contributed by atoms with Crippen molar-refractivity contribution in [3.63, 3.8) is 0 Å². The van der Waals surface area contributed by atoms with Gasteiger partial charge in [0.25, 0.3) is 0 Å². The van der Waals surface area contributed by atoms with Crippen molar-refractivity contribution in [1.29, 1.82) is 0 Å². The van der Waals surface area contributed by atoms with Gasteiger partial charge in [0.2, 0.25) is 5.91 Å². The van der Waals surface area contributed by atoms with Gasteiger partial charge in [0.05, 0.1) is 0 Å². The fourth-order valence-electron chi connectivity index (χ4n) is 1.19. The molecule has 1 rings (SSSR count). The number of benzene rings is 1. The number of nitrogens with one attached hydrogen (secondary N) is 1. The van der Waals surface area contributed by atoms with E-state index in [1.807, 2.05) is 25.1 Å². The molecule has 1 aromatic carbocycles.